The summed E-state index contributed by atoms with van der Waals surface area (Å²) < 4.78 is 0.651. The van der Waals surface area contributed by atoms with Gasteiger partial charge < -0.3 is 4.84 Å². The van der Waals surface area contributed by atoms with Crippen LogP contribution in [-0.4, -0.2) is 11.9 Å². The van der Waals surface area contributed by atoms with Gasteiger partial charge in [-0.1, -0.05) is 42.5 Å². The Balaban J connectivity index is 1.52. The van der Waals surface area contributed by atoms with Crippen LogP contribution in [0.3, 0.4) is 0 Å². The van der Waals surface area contributed by atoms with Crippen molar-refractivity contribution in [3.8, 4) is 0 Å². The highest BCUT2D eigenvalue weighted by Gasteiger charge is 2.11. The summed E-state index contributed by atoms with van der Waals surface area (Å²) in [4.78, 5) is 29.0. The Morgan fingerprint density at radius 2 is 1.57 bits per heavy atom. The van der Waals surface area contributed by atoms with Gasteiger partial charge in [-0.15, -0.1) is 10.2 Å². The molecule has 0 aromatic heterocycles. The molecule has 0 radical (unpaired) electrons. The van der Waals surface area contributed by atoms with Crippen LogP contribution in [0.25, 0.3) is 0 Å². The second-order valence-corrected chi connectivity index (χ2v) is 6.63. The Kier molecular flexibility index (Phi) is 6.64. The van der Waals surface area contributed by atoms with Gasteiger partial charge in [0.25, 0.3) is 5.91 Å². The summed E-state index contributed by atoms with van der Waals surface area (Å²) in [7, 11) is 0. The molecule has 3 aromatic rings. The van der Waals surface area contributed by atoms with Gasteiger partial charge in [0.1, 0.15) is 0 Å². The number of anilines is 1. The fourth-order valence-electron chi connectivity index (χ4n) is 2.30. The molecule has 0 bridgehead atoms. The molecule has 7 heteroatoms. The summed E-state index contributed by atoms with van der Waals surface area (Å²) in [6, 6.07) is 23.0. The summed E-state index contributed by atoms with van der Waals surface area (Å²) in [5.74, 6) is -0.835. The van der Waals surface area contributed by atoms with Crippen LogP contribution in [0.15, 0.2) is 93.6 Å². The third-order valence-corrected chi connectivity index (χ3v) is 4.39. The van der Waals surface area contributed by atoms with E-state index in [1.54, 1.807) is 42.5 Å². The van der Waals surface area contributed by atoms with Crippen molar-refractivity contribution in [2.75, 3.05) is 5.48 Å². The van der Waals surface area contributed by atoms with Gasteiger partial charge in [-0.05, 0) is 57.9 Å². The summed E-state index contributed by atoms with van der Waals surface area (Å²) >= 11 is 3.30. The van der Waals surface area contributed by atoms with E-state index in [9.17, 15) is 9.59 Å². The molecule has 1 N–H and O–H groups in total. The predicted octanol–water partition coefficient (Wildman–Crippen LogP) is 5.49. The molecule has 0 spiro atoms. The molecule has 140 valence electrons. The van der Waals surface area contributed by atoms with Crippen molar-refractivity contribution >= 4 is 39.2 Å². The zero-order chi connectivity index (χ0) is 19.8. The number of nitrogens with one attached hydrogen (secondary N) is 1. The fourth-order valence-corrected chi connectivity index (χ4v) is 2.75. The molecule has 0 atom stereocenters. The van der Waals surface area contributed by atoms with E-state index in [1.165, 1.54) is 0 Å². The van der Waals surface area contributed by atoms with E-state index in [0.29, 0.717) is 21.4 Å². The lowest BCUT2D eigenvalue weighted by molar-refractivity contribution is -0.117. The maximum Gasteiger partial charge on any atom is 0.363 e. The molecule has 3 rings (SSSR count). The first-order valence-electron chi connectivity index (χ1n) is 8.42. The Hall–Kier alpha value is -3.32. The lowest BCUT2D eigenvalue weighted by Crippen LogP contribution is -2.11. The lowest BCUT2D eigenvalue weighted by Gasteiger charge is -2.07. The zero-order valence-electron chi connectivity index (χ0n) is 14.7. The molecule has 0 fully saturated rings. The highest BCUT2D eigenvalue weighted by Crippen LogP contribution is 2.19. The van der Waals surface area contributed by atoms with Gasteiger partial charge in [-0.3, -0.25) is 4.79 Å². The normalized spacial score (nSPS) is 10.6. The molecule has 6 nitrogen and oxygen atoms in total. The second-order valence-electron chi connectivity index (χ2n) is 5.77. The number of azo groups is 1. The average molecular weight is 438 g/mol. The Morgan fingerprint density at radius 1 is 0.893 bits per heavy atom. The number of halogens is 1. The highest BCUT2D eigenvalue weighted by molar-refractivity contribution is 9.10. The summed E-state index contributed by atoms with van der Waals surface area (Å²) in [6.07, 6.45) is 0.203. The van der Waals surface area contributed by atoms with E-state index in [-0.39, 0.29) is 12.3 Å². The standard InChI is InChI=1S/C21H16BrN3O3/c22-19-9-5-4-8-18(19)21(27)28-25-17-12-10-16(11-13-17)23-24-20(26)14-15-6-2-1-3-7-15/h1-13,25H,14H2. The van der Waals surface area contributed by atoms with Gasteiger partial charge >= 0.3 is 5.97 Å². The average Bonchev–Trinajstić information content (AvgIpc) is 2.72. The SMILES string of the molecule is O=C(Cc1ccccc1)N=Nc1ccc(NOC(=O)c2ccccc2Br)cc1. The molecule has 0 unspecified atom stereocenters. The molecule has 0 saturated carbocycles. The fraction of sp³-hybridized carbons (Fsp3) is 0.0476. The van der Waals surface area contributed by atoms with Crippen molar-refractivity contribution in [3.63, 3.8) is 0 Å². The molecule has 0 aliphatic rings. The minimum atomic E-state index is -0.511. The molecule has 0 heterocycles. The topological polar surface area (TPSA) is 80.1 Å². The highest BCUT2D eigenvalue weighted by atomic mass is 79.9. The van der Waals surface area contributed by atoms with E-state index < -0.39 is 5.97 Å². The van der Waals surface area contributed by atoms with E-state index in [4.69, 9.17) is 4.84 Å². The van der Waals surface area contributed by atoms with Crippen LogP contribution >= 0.6 is 15.9 Å². The van der Waals surface area contributed by atoms with Crippen LogP contribution in [0.4, 0.5) is 11.4 Å². The minimum absolute atomic E-state index is 0.203. The number of hydrogen-bond acceptors (Lipinski definition) is 5. The minimum Gasteiger partial charge on any atom is -0.338 e. The van der Waals surface area contributed by atoms with Gasteiger partial charge in [0.05, 0.1) is 23.4 Å². The van der Waals surface area contributed by atoms with Gasteiger partial charge in [-0.25, -0.2) is 10.3 Å². The van der Waals surface area contributed by atoms with E-state index in [1.807, 2.05) is 36.4 Å². The Labute approximate surface area is 170 Å². The van der Waals surface area contributed by atoms with Gasteiger partial charge in [0, 0.05) is 4.47 Å². The number of benzene rings is 3. The summed E-state index contributed by atoms with van der Waals surface area (Å²) in [5, 5.41) is 7.65. The first-order valence-corrected chi connectivity index (χ1v) is 9.21. The molecular weight excluding hydrogens is 422 g/mol. The molecule has 28 heavy (non-hydrogen) atoms. The molecule has 0 aliphatic carbocycles. The molecule has 1 amide bonds. The van der Waals surface area contributed by atoms with Gasteiger partial charge in [0.2, 0.25) is 0 Å². The van der Waals surface area contributed by atoms with Crippen molar-refractivity contribution < 1.29 is 14.4 Å². The van der Waals surface area contributed by atoms with Crippen molar-refractivity contribution in [1.29, 1.82) is 0 Å². The predicted molar refractivity (Wildman–Crippen MR) is 109 cm³/mol. The Morgan fingerprint density at radius 3 is 2.29 bits per heavy atom. The molecule has 3 aromatic carbocycles. The molecular formula is C21H16BrN3O3. The van der Waals surface area contributed by atoms with Gasteiger partial charge in [-0.2, -0.15) is 0 Å². The van der Waals surface area contributed by atoms with Crippen molar-refractivity contribution in [2.24, 2.45) is 10.2 Å². The van der Waals surface area contributed by atoms with Gasteiger partial charge in [0.15, 0.2) is 0 Å². The zero-order valence-corrected chi connectivity index (χ0v) is 16.3. The lowest BCUT2D eigenvalue weighted by atomic mass is 10.1. The van der Waals surface area contributed by atoms with Crippen molar-refractivity contribution in [1.82, 2.24) is 0 Å². The maximum absolute atomic E-state index is 12.0. The number of hydrogen-bond donors (Lipinski definition) is 1. The first kappa shape index (κ1) is 19.4. The third kappa shape index (κ3) is 5.59. The van der Waals surface area contributed by atoms with Crippen LogP contribution in [0.1, 0.15) is 15.9 Å². The first-order chi connectivity index (χ1) is 13.6. The van der Waals surface area contributed by atoms with Crippen LogP contribution < -0.4 is 5.48 Å². The van der Waals surface area contributed by atoms with E-state index >= 15 is 0 Å². The molecule has 0 aliphatic heterocycles. The number of carbonyl (C=O) groups excluding carboxylic acids is 2. The molecule has 0 saturated heterocycles. The number of amides is 1. The summed E-state index contributed by atoms with van der Waals surface area (Å²) in [6.45, 7) is 0. The number of nitrogens with zero attached hydrogens (tertiary/aromatic N) is 2. The van der Waals surface area contributed by atoms with Crippen LogP contribution in [0.2, 0.25) is 0 Å². The van der Waals surface area contributed by atoms with E-state index in [0.717, 1.165) is 5.56 Å². The number of rotatable bonds is 6. The monoisotopic (exact) mass is 437 g/mol. The summed E-state index contributed by atoms with van der Waals surface area (Å²) in [5.41, 5.74) is 4.97. The van der Waals surface area contributed by atoms with Crippen LogP contribution in [0.5, 0.6) is 0 Å². The van der Waals surface area contributed by atoms with Crippen LogP contribution in [-0.2, 0) is 16.1 Å². The van der Waals surface area contributed by atoms with E-state index in [2.05, 4.69) is 31.6 Å². The third-order valence-electron chi connectivity index (χ3n) is 3.70. The van der Waals surface area contributed by atoms with Crippen molar-refractivity contribution in [2.45, 2.75) is 6.42 Å². The second kappa shape index (κ2) is 9.57. The largest absolute Gasteiger partial charge is 0.363 e. The number of carbonyl (C=O) groups is 2. The van der Waals surface area contributed by atoms with Crippen molar-refractivity contribution in [3.05, 3.63) is 94.5 Å². The smallest absolute Gasteiger partial charge is 0.338 e. The quantitative estimate of drug-likeness (QED) is 0.408. The van der Waals surface area contributed by atoms with Crippen LogP contribution in [0, 0.1) is 0 Å². The Bertz CT molecular complexity index is 989. The maximum atomic E-state index is 12.0.